The Bertz CT molecular complexity index is 613. The van der Waals surface area contributed by atoms with Gasteiger partial charge in [0.25, 0.3) is 0 Å². The first kappa shape index (κ1) is 11.8. The molecule has 0 unspecified atom stereocenters. The molecule has 0 atom stereocenters. The molecule has 18 heavy (non-hydrogen) atoms. The van der Waals surface area contributed by atoms with Crippen LogP contribution in [0.1, 0.15) is 5.56 Å². The first-order valence-corrected chi connectivity index (χ1v) is 5.42. The first-order chi connectivity index (χ1) is 8.79. The number of aryl methyl sites for hydroxylation is 1. The molecule has 0 aliphatic rings. The third-order valence-electron chi connectivity index (χ3n) is 2.37. The molecule has 0 saturated carbocycles. The Morgan fingerprint density at radius 3 is 2.33 bits per heavy atom. The van der Waals surface area contributed by atoms with Crippen molar-refractivity contribution in [2.45, 2.75) is 6.92 Å². The highest BCUT2D eigenvalue weighted by molar-refractivity contribution is 5.53. The zero-order valence-corrected chi connectivity index (χ0v) is 9.85. The normalized spacial score (nSPS) is 10.3. The van der Waals surface area contributed by atoms with Crippen molar-refractivity contribution in [3.05, 3.63) is 64.5 Å². The second-order valence-corrected chi connectivity index (χ2v) is 3.70. The molecule has 5 nitrogen and oxygen atoms in total. The molecule has 0 aliphatic heterocycles. The third kappa shape index (κ3) is 2.93. The average Bonchev–Trinajstić information content (AvgIpc) is 2.41. The highest BCUT2D eigenvalue weighted by Crippen LogP contribution is 2.25. The molecule has 0 amide bonds. The monoisotopic (exact) mass is 237 g/mol. The van der Waals surface area contributed by atoms with Gasteiger partial charge in [0.15, 0.2) is 0 Å². The summed E-state index contributed by atoms with van der Waals surface area (Å²) in [5, 5.41) is 11.8. The minimum absolute atomic E-state index is 0.608. The lowest BCUT2D eigenvalue weighted by atomic mass is 10.2. The summed E-state index contributed by atoms with van der Waals surface area (Å²) in [6.45, 7) is 1.87. The van der Waals surface area contributed by atoms with Crippen molar-refractivity contribution in [1.29, 1.82) is 0 Å². The Morgan fingerprint density at radius 1 is 0.944 bits per heavy atom. The van der Waals surface area contributed by atoms with E-state index < -0.39 is 0 Å². The quantitative estimate of drug-likeness (QED) is 0.392. The standard InChI is InChI=1S/C13H11N5/c1-10-9-12(7-8-13(10)17-18-14)16-15-11-5-3-2-4-6-11/h2-9H,1H3. The fraction of sp³-hybridized carbons (Fsp3) is 0.0769. The van der Waals surface area contributed by atoms with E-state index in [0.29, 0.717) is 5.69 Å². The van der Waals surface area contributed by atoms with Crippen LogP contribution in [-0.2, 0) is 0 Å². The van der Waals surface area contributed by atoms with Crippen molar-refractivity contribution in [1.82, 2.24) is 0 Å². The van der Waals surface area contributed by atoms with Crippen LogP contribution in [0.5, 0.6) is 0 Å². The lowest BCUT2D eigenvalue weighted by Crippen LogP contribution is -1.72. The maximum absolute atomic E-state index is 8.38. The summed E-state index contributed by atoms with van der Waals surface area (Å²) in [5.41, 5.74) is 11.4. The smallest absolute Gasteiger partial charge is 0.0859 e. The molecule has 0 heterocycles. The predicted molar refractivity (Wildman–Crippen MR) is 70.6 cm³/mol. The number of rotatable bonds is 3. The molecular weight excluding hydrogens is 226 g/mol. The van der Waals surface area contributed by atoms with Crippen LogP contribution in [0.15, 0.2) is 63.9 Å². The molecule has 0 aliphatic carbocycles. The van der Waals surface area contributed by atoms with Gasteiger partial charge in [-0.1, -0.05) is 29.4 Å². The summed E-state index contributed by atoms with van der Waals surface area (Å²) in [4.78, 5) is 2.76. The zero-order chi connectivity index (χ0) is 12.8. The lowest BCUT2D eigenvalue weighted by Gasteiger charge is -1.99. The maximum atomic E-state index is 8.38. The molecule has 0 bridgehead atoms. The average molecular weight is 237 g/mol. The molecule has 2 rings (SSSR count). The fourth-order valence-corrected chi connectivity index (χ4v) is 1.47. The number of hydrogen-bond donors (Lipinski definition) is 0. The van der Waals surface area contributed by atoms with Crippen LogP contribution in [0.4, 0.5) is 17.1 Å². The highest BCUT2D eigenvalue weighted by Gasteiger charge is 1.97. The van der Waals surface area contributed by atoms with Crippen LogP contribution in [0, 0.1) is 6.92 Å². The van der Waals surface area contributed by atoms with Crippen LogP contribution in [0.2, 0.25) is 0 Å². The van der Waals surface area contributed by atoms with Crippen LogP contribution >= 0.6 is 0 Å². The molecule has 5 heteroatoms. The van der Waals surface area contributed by atoms with Crippen molar-refractivity contribution in [2.24, 2.45) is 15.3 Å². The Kier molecular flexibility index (Phi) is 3.69. The summed E-state index contributed by atoms with van der Waals surface area (Å²) in [6.07, 6.45) is 0. The summed E-state index contributed by atoms with van der Waals surface area (Å²) in [5.74, 6) is 0. The van der Waals surface area contributed by atoms with Gasteiger partial charge in [-0.25, -0.2) is 0 Å². The van der Waals surface area contributed by atoms with Crippen LogP contribution in [-0.4, -0.2) is 0 Å². The minimum atomic E-state index is 0.608. The fourth-order valence-electron chi connectivity index (χ4n) is 1.47. The van der Waals surface area contributed by atoms with Gasteiger partial charge in [-0.2, -0.15) is 10.2 Å². The van der Waals surface area contributed by atoms with Gasteiger partial charge in [0.05, 0.1) is 11.4 Å². The number of nitrogens with zero attached hydrogens (tertiary/aromatic N) is 5. The highest BCUT2D eigenvalue weighted by atomic mass is 15.1. The summed E-state index contributed by atoms with van der Waals surface area (Å²) < 4.78 is 0. The molecule has 0 N–H and O–H groups in total. The van der Waals surface area contributed by atoms with Crippen molar-refractivity contribution in [3.8, 4) is 0 Å². The van der Waals surface area contributed by atoms with Gasteiger partial charge in [0.1, 0.15) is 0 Å². The molecule has 0 radical (unpaired) electrons. The molecular formula is C13H11N5. The van der Waals surface area contributed by atoms with E-state index in [4.69, 9.17) is 5.53 Å². The maximum Gasteiger partial charge on any atom is 0.0859 e. The van der Waals surface area contributed by atoms with E-state index >= 15 is 0 Å². The van der Waals surface area contributed by atoms with Crippen molar-refractivity contribution in [2.75, 3.05) is 0 Å². The largest absolute Gasteiger partial charge is 0.151 e. The number of azide groups is 1. The van der Waals surface area contributed by atoms with Crippen LogP contribution in [0.3, 0.4) is 0 Å². The molecule has 88 valence electrons. The number of hydrogen-bond acceptors (Lipinski definition) is 3. The van der Waals surface area contributed by atoms with Crippen molar-refractivity contribution >= 4 is 17.1 Å². The van der Waals surface area contributed by atoms with Gasteiger partial charge in [0.2, 0.25) is 0 Å². The second kappa shape index (κ2) is 5.61. The Morgan fingerprint density at radius 2 is 1.67 bits per heavy atom. The lowest BCUT2D eigenvalue weighted by molar-refractivity contribution is 1.22. The van der Waals surface area contributed by atoms with E-state index in [1.165, 1.54) is 0 Å². The summed E-state index contributed by atoms with van der Waals surface area (Å²) in [6, 6.07) is 14.8. The predicted octanol–water partition coefficient (Wildman–Crippen LogP) is 5.35. The minimum Gasteiger partial charge on any atom is -0.151 e. The van der Waals surface area contributed by atoms with E-state index in [-0.39, 0.29) is 0 Å². The third-order valence-corrected chi connectivity index (χ3v) is 2.37. The zero-order valence-electron chi connectivity index (χ0n) is 9.85. The number of azo groups is 1. The second-order valence-electron chi connectivity index (χ2n) is 3.70. The van der Waals surface area contributed by atoms with E-state index in [2.05, 4.69) is 20.3 Å². The van der Waals surface area contributed by atoms with Gasteiger partial charge in [-0.05, 0) is 42.3 Å². The van der Waals surface area contributed by atoms with Gasteiger partial charge < -0.3 is 0 Å². The van der Waals surface area contributed by atoms with Crippen LogP contribution < -0.4 is 0 Å². The van der Waals surface area contributed by atoms with Gasteiger partial charge in [-0.15, -0.1) is 0 Å². The Labute approximate surface area is 104 Å². The number of benzene rings is 2. The van der Waals surface area contributed by atoms with E-state index in [1.807, 2.05) is 43.3 Å². The molecule has 2 aromatic rings. The van der Waals surface area contributed by atoms with E-state index in [1.54, 1.807) is 12.1 Å². The molecule has 0 saturated heterocycles. The Balaban J connectivity index is 2.23. The Hall–Kier alpha value is -2.65. The molecule has 0 spiro atoms. The SMILES string of the molecule is Cc1cc(N=Nc2ccccc2)ccc1N=[N+]=[N-]. The topological polar surface area (TPSA) is 73.5 Å². The summed E-state index contributed by atoms with van der Waals surface area (Å²) >= 11 is 0. The van der Waals surface area contributed by atoms with Crippen molar-refractivity contribution < 1.29 is 0 Å². The van der Waals surface area contributed by atoms with Gasteiger partial charge >= 0.3 is 0 Å². The van der Waals surface area contributed by atoms with Gasteiger partial charge in [0, 0.05) is 10.6 Å². The summed E-state index contributed by atoms with van der Waals surface area (Å²) in [7, 11) is 0. The molecule has 0 aromatic heterocycles. The van der Waals surface area contributed by atoms with E-state index in [0.717, 1.165) is 16.9 Å². The molecule has 0 fully saturated rings. The van der Waals surface area contributed by atoms with Crippen LogP contribution in [0.25, 0.3) is 10.4 Å². The van der Waals surface area contributed by atoms with E-state index in [9.17, 15) is 0 Å². The molecule has 2 aromatic carbocycles. The van der Waals surface area contributed by atoms with Gasteiger partial charge in [-0.3, -0.25) is 0 Å². The van der Waals surface area contributed by atoms with Crippen molar-refractivity contribution in [3.63, 3.8) is 0 Å². The first-order valence-electron chi connectivity index (χ1n) is 5.42.